The van der Waals surface area contributed by atoms with Gasteiger partial charge in [-0.25, -0.2) is 13.4 Å². The first-order valence-electron chi connectivity index (χ1n) is 11.5. The van der Waals surface area contributed by atoms with Crippen LogP contribution in [0.4, 0.5) is 5.82 Å². The number of pyridine rings is 1. The van der Waals surface area contributed by atoms with Crippen LogP contribution in [0, 0.1) is 5.92 Å². The van der Waals surface area contributed by atoms with E-state index in [-0.39, 0.29) is 33.1 Å². The molecule has 7 nitrogen and oxygen atoms in total. The van der Waals surface area contributed by atoms with E-state index >= 15 is 0 Å². The molecule has 2 aromatic carbocycles. The second kappa shape index (κ2) is 12.4. The van der Waals surface area contributed by atoms with Crippen LogP contribution in [0.15, 0.2) is 58.0 Å². The Bertz CT molecular complexity index is 1370. The summed E-state index contributed by atoms with van der Waals surface area (Å²) in [6.45, 7) is 2.86. The van der Waals surface area contributed by atoms with Gasteiger partial charge in [0.15, 0.2) is 11.6 Å². The summed E-state index contributed by atoms with van der Waals surface area (Å²) in [5.74, 6) is 1.31. The molecule has 2 heterocycles. The zero-order valence-electron chi connectivity index (χ0n) is 19.9. The van der Waals surface area contributed by atoms with Crippen LogP contribution in [0.2, 0.25) is 15.1 Å². The Morgan fingerprint density at radius 1 is 1.05 bits per heavy atom. The Morgan fingerprint density at radius 3 is 2.57 bits per heavy atom. The third kappa shape index (κ3) is 7.43. The number of aromatic nitrogens is 1. The second-order valence-corrected chi connectivity index (χ2v) is 12.5. The first-order valence-corrected chi connectivity index (χ1v) is 14.9. The number of likely N-dealkylation sites (tertiary alicyclic amines) is 1. The normalized spacial score (nSPS) is 14.9. The van der Waals surface area contributed by atoms with Gasteiger partial charge in [0, 0.05) is 10.7 Å². The quantitative estimate of drug-likeness (QED) is 0.272. The van der Waals surface area contributed by atoms with E-state index in [0.29, 0.717) is 27.8 Å². The van der Waals surface area contributed by atoms with E-state index in [1.165, 1.54) is 24.4 Å². The minimum absolute atomic E-state index is 0.00643. The van der Waals surface area contributed by atoms with Crippen LogP contribution < -0.4 is 14.2 Å². The van der Waals surface area contributed by atoms with Gasteiger partial charge >= 0.3 is 0 Å². The van der Waals surface area contributed by atoms with Crippen LogP contribution in [0.1, 0.15) is 18.4 Å². The summed E-state index contributed by atoms with van der Waals surface area (Å²) in [5, 5.41) is 0.569. The van der Waals surface area contributed by atoms with Crippen LogP contribution in [0.5, 0.6) is 11.5 Å². The molecular weight excluding hydrogens is 625 g/mol. The smallest absolute Gasteiger partial charge is 0.264 e. The third-order valence-electron chi connectivity index (χ3n) is 5.96. The fraction of sp³-hybridized carbons (Fsp3) is 0.320. The fourth-order valence-electron chi connectivity index (χ4n) is 3.83. The van der Waals surface area contributed by atoms with Crippen molar-refractivity contribution >= 4 is 66.6 Å². The van der Waals surface area contributed by atoms with E-state index in [9.17, 15) is 8.42 Å². The summed E-state index contributed by atoms with van der Waals surface area (Å²) in [7, 11) is -1.96. The number of nitrogens with zero attached hydrogens (tertiary/aromatic N) is 2. The lowest BCUT2D eigenvalue weighted by Crippen LogP contribution is -2.32. The van der Waals surface area contributed by atoms with Crippen LogP contribution in [0.25, 0.3) is 0 Å². The first-order chi connectivity index (χ1) is 17.6. The minimum Gasteiger partial charge on any atom is -0.492 e. The van der Waals surface area contributed by atoms with Gasteiger partial charge in [-0.05, 0) is 90.7 Å². The van der Waals surface area contributed by atoms with E-state index in [0.717, 1.165) is 31.5 Å². The topological polar surface area (TPSA) is 80.8 Å². The highest BCUT2D eigenvalue weighted by molar-refractivity contribution is 9.10. The zero-order valence-corrected chi connectivity index (χ0v) is 24.6. The lowest BCUT2D eigenvalue weighted by atomic mass is 9.98. The summed E-state index contributed by atoms with van der Waals surface area (Å²) in [4.78, 5) is 6.33. The number of benzene rings is 2. The first kappa shape index (κ1) is 28.3. The molecule has 3 aromatic rings. The number of ether oxygens (including phenoxy) is 2. The van der Waals surface area contributed by atoms with Crippen molar-refractivity contribution in [2.45, 2.75) is 24.3 Å². The molecule has 1 saturated heterocycles. The highest BCUT2D eigenvalue weighted by Gasteiger charge is 2.22. The van der Waals surface area contributed by atoms with Crippen molar-refractivity contribution in [2.75, 3.05) is 31.5 Å². The fourth-order valence-corrected chi connectivity index (χ4v) is 6.09. The molecular formula is C25H25BrCl3N3O4S. The molecule has 12 heteroatoms. The number of nitrogens with one attached hydrogen (secondary N) is 1. The molecule has 0 atom stereocenters. The summed E-state index contributed by atoms with van der Waals surface area (Å²) < 4.78 is 41.0. The summed E-state index contributed by atoms with van der Waals surface area (Å²) in [5.41, 5.74) is 0.800. The molecule has 0 spiro atoms. The minimum atomic E-state index is -4.08. The number of hydrogen-bond donors (Lipinski definition) is 1. The molecule has 0 unspecified atom stereocenters. The van der Waals surface area contributed by atoms with Crippen molar-refractivity contribution in [3.8, 4) is 11.5 Å². The van der Waals surface area contributed by atoms with E-state index in [4.69, 9.17) is 44.3 Å². The maximum atomic E-state index is 13.0. The SMILES string of the molecule is CN1CCC(COc2cc(COc3cc(Br)cnc3NS(=O)(=O)c3cccc(Cl)c3Cl)ccc2Cl)CC1. The van der Waals surface area contributed by atoms with Crippen LogP contribution in [-0.2, 0) is 16.6 Å². The molecule has 1 aliphatic heterocycles. The van der Waals surface area contributed by atoms with Gasteiger partial charge < -0.3 is 14.4 Å². The molecule has 1 N–H and O–H groups in total. The highest BCUT2D eigenvalue weighted by atomic mass is 79.9. The second-order valence-electron chi connectivity index (χ2n) is 8.77. The third-order valence-corrected chi connectivity index (χ3v) is 9.02. The summed E-state index contributed by atoms with van der Waals surface area (Å²) >= 11 is 21.8. The molecule has 4 rings (SSSR count). The molecule has 37 heavy (non-hydrogen) atoms. The van der Waals surface area contributed by atoms with Crippen molar-refractivity contribution in [2.24, 2.45) is 5.92 Å². The van der Waals surface area contributed by atoms with Crippen molar-refractivity contribution in [3.63, 3.8) is 0 Å². The lowest BCUT2D eigenvalue weighted by molar-refractivity contribution is 0.160. The predicted octanol–water partition coefficient (Wildman–Crippen LogP) is 6.90. The maximum Gasteiger partial charge on any atom is 0.264 e. The van der Waals surface area contributed by atoms with E-state index in [2.05, 4.69) is 37.6 Å². The average molecular weight is 650 g/mol. The van der Waals surface area contributed by atoms with E-state index in [1.54, 1.807) is 12.1 Å². The molecule has 0 saturated carbocycles. The van der Waals surface area contributed by atoms with E-state index < -0.39 is 10.0 Å². The largest absolute Gasteiger partial charge is 0.492 e. The molecule has 1 aliphatic rings. The van der Waals surface area contributed by atoms with Gasteiger partial charge in [0.05, 0.1) is 21.7 Å². The van der Waals surface area contributed by atoms with Crippen molar-refractivity contribution in [3.05, 3.63) is 73.8 Å². The lowest BCUT2D eigenvalue weighted by Gasteiger charge is -2.28. The average Bonchev–Trinajstić information content (AvgIpc) is 2.86. The summed E-state index contributed by atoms with van der Waals surface area (Å²) in [6, 6.07) is 11.4. The van der Waals surface area contributed by atoms with Gasteiger partial charge in [0.1, 0.15) is 17.3 Å². The van der Waals surface area contributed by atoms with Gasteiger partial charge in [-0.15, -0.1) is 0 Å². The number of halogens is 4. The van der Waals surface area contributed by atoms with Crippen molar-refractivity contribution in [1.82, 2.24) is 9.88 Å². The number of anilines is 1. The molecule has 0 radical (unpaired) electrons. The van der Waals surface area contributed by atoms with Crippen LogP contribution in [0.3, 0.4) is 0 Å². The standard InChI is InChI=1S/C25H25BrCl3N3O4S/c1-32-9-7-16(8-10-32)14-35-21-11-17(5-6-19(21)27)15-36-22-12-18(26)13-30-25(22)31-37(33,34)23-4-2-3-20(28)24(23)29/h2-6,11-13,16H,7-10,14-15H2,1H3,(H,30,31). The Balaban J connectivity index is 1.47. The molecule has 0 aliphatic carbocycles. The van der Waals surface area contributed by atoms with Gasteiger partial charge in [-0.3, -0.25) is 4.72 Å². The van der Waals surface area contributed by atoms with Gasteiger partial charge in [0.2, 0.25) is 0 Å². The van der Waals surface area contributed by atoms with Crippen molar-refractivity contribution < 1.29 is 17.9 Å². The van der Waals surface area contributed by atoms with Crippen LogP contribution in [-0.4, -0.2) is 45.0 Å². The number of sulfonamides is 1. The van der Waals surface area contributed by atoms with Crippen LogP contribution >= 0.6 is 50.7 Å². The number of rotatable bonds is 9. The Kier molecular flexibility index (Phi) is 9.48. The Labute approximate surface area is 240 Å². The molecule has 1 fully saturated rings. The maximum absolute atomic E-state index is 13.0. The zero-order chi connectivity index (χ0) is 26.6. The Hall–Kier alpha value is -1.75. The number of piperidine rings is 1. The molecule has 198 valence electrons. The number of hydrogen-bond acceptors (Lipinski definition) is 6. The molecule has 1 aromatic heterocycles. The van der Waals surface area contributed by atoms with Gasteiger partial charge in [-0.1, -0.05) is 46.9 Å². The van der Waals surface area contributed by atoms with Gasteiger partial charge in [0.25, 0.3) is 10.0 Å². The predicted molar refractivity (Wildman–Crippen MR) is 151 cm³/mol. The molecule has 0 amide bonds. The summed E-state index contributed by atoms with van der Waals surface area (Å²) in [6.07, 6.45) is 3.64. The monoisotopic (exact) mass is 647 g/mol. The Morgan fingerprint density at radius 2 is 1.81 bits per heavy atom. The highest BCUT2D eigenvalue weighted by Crippen LogP contribution is 2.33. The molecule has 0 bridgehead atoms. The van der Waals surface area contributed by atoms with E-state index in [1.807, 2.05) is 12.1 Å². The van der Waals surface area contributed by atoms with Gasteiger partial charge in [-0.2, -0.15) is 0 Å². The van der Waals surface area contributed by atoms with Crippen molar-refractivity contribution in [1.29, 1.82) is 0 Å².